The molecule has 7 heterocycles. The highest BCUT2D eigenvalue weighted by Gasteiger charge is 2.52. The molecule has 0 bridgehead atoms. The number of ether oxygens (including phenoxy) is 1. The van der Waals surface area contributed by atoms with Gasteiger partial charge in [-0.2, -0.15) is 0 Å². The third-order valence-corrected chi connectivity index (χ3v) is 19.9. The Hall–Kier alpha value is -5.71. The Labute approximate surface area is 535 Å². The predicted molar refractivity (Wildman–Crippen MR) is 356 cm³/mol. The van der Waals surface area contributed by atoms with Crippen molar-refractivity contribution >= 4 is 66.9 Å². The van der Waals surface area contributed by atoms with Crippen LogP contribution in [0.1, 0.15) is 191 Å². The molecule has 13 rings (SSSR count). The Balaban J connectivity index is 0.000000205. The topological polar surface area (TPSA) is 255 Å². The zero-order chi connectivity index (χ0) is 61.6. The van der Waals surface area contributed by atoms with Crippen LogP contribution in [0.3, 0.4) is 0 Å². The average molecular weight is 1290 g/mol. The molecule has 1 aliphatic heterocycles. The van der Waals surface area contributed by atoms with Crippen molar-refractivity contribution in [2.24, 2.45) is 5.73 Å². The molecular weight excluding hydrogens is 1200 g/mol. The number of aryl methyl sites for hydroxylation is 1. The number of hydrogen-bond donors (Lipinski definition) is 7. The van der Waals surface area contributed by atoms with Gasteiger partial charge >= 0.3 is 0 Å². The second kappa shape index (κ2) is 30.6. The standard InChI is InChI=1S/C25H25ClFN5O3S.C18H19ClFN5O.C7H15NO.C7H12O.C7H12.3CH4/c1-15-6-8-17(9-7-15)36(34,35)32-14-19(18-11-16(26)12-29-24(18)32)22-28-13-20(27)23(31-22)30-21-5-3-4-10-25(21,2)33;1-18(26)5-3-2-4-14(18)24-17-13(20)9-23-16(25-17)12-8-22-15-11(12)6-10(19)7-21-15;1-7(9)5-3-2-4-6(7)8;1-7-5-3-2-4-6(7)8-7;1-7-5-3-2-4-6-7;;;/h6-9,11-14,21,33H,3-5,10H2,1-2H3,(H,28,30,31);6-9,14,26H,2-5H2,1H3,(H,21,22)(H,23,24,25);6,9H,2-5,8H2,1H3;6H,2-5H2,1H3;5H,2-4,6H2,1H3;3*1H4. The molecule has 488 valence electrons. The van der Waals surface area contributed by atoms with E-state index in [0.29, 0.717) is 69.0 Å². The summed E-state index contributed by atoms with van der Waals surface area (Å²) >= 11 is 12.2. The predicted octanol–water partition coefficient (Wildman–Crippen LogP) is 15.6. The lowest BCUT2D eigenvalue weighted by atomic mass is 9.82. The molecule has 1 saturated heterocycles. The second-order valence-corrected chi connectivity index (χ2v) is 27.7. The SMILES string of the molecule is C.C.C.CC1(O)CCCCC1N.CC1(O)CCCCC1Nc1nc(-c2c[nH]c3ncc(Cl)cc23)ncc1F.CC12CCCCC1O2.CC1=CCCCC1.Cc1ccc(S(=O)(=O)n2cc(-c3ncc(F)c(NC4CCCCC4(C)O)n3)c3cc(Cl)cnc32)cc1. The number of anilines is 2. The Morgan fingerprint density at radius 1 is 0.663 bits per heavy atom. The Bertz CT molecular complexity index is 3620. The zero-order valence-electron chi connectivity index (χ0n) is 50.2. The van der Waals surface area contributed by atoms with Gasteiger partial charge in [-0.3, -0.25) is 0 Å². The summed E-state index contributed by atoms with van der Waals surface area (Å²) in [5.74, 6) is -0.740. The van der Waals surface area contributed by atoms with Crippen molar-refractivity contribution in [2.75, 3.05) is 10.6 Å². The van der Waals surface area contributed by atoms with Gasteiger partial charge in [-0.1, -0.05) is 126 Å². The molecule has 0 radical (unpaired) electrons. The number of allylic oxidation sites excluding steroid dienone is 2. The maximum atomic E-state index is 14.7. The van der Waals surface area contributed by atoms with Crippen LogP contribution >= 0.6 is 23.2 Å². The number of nitrogens with one attached hydrogen (secondary N) is 3. The van der Waals surface area contributed by atoms with E-state index < -0.39 is 38.5 Å². The maximum Gasteiger partial charge on any atom is 0.269 e. The number of H-pyrrole nitrogens is 1. The van der Waals surface area contributed by atoms with Crippen LogP contribution in [0.5, 0.6) is 0 Å². The molecule has 7 aromatic rings. The number of epoxide rings is 1. The van der Waals surface area contributed by atoms with Crippen LogP contribution in [-0.2, 0) is 14.8 Å². The van der Waals surface area contributed by atoms with E-state index in [-0.39, 0.29) is 68.4 Å². The molecule has 5 aliphatic carbocycles. The lowest BCUT2D eigenvalue weighted by Gasteiger charge is -2.37. The first-order chi connectivity index (χ1) is 40.8. The number of aliphatic hydroxyl groups is 3. The van der Waals surface area contributed by atoms with E-state index >= 15 is 0 Å². The van der Waals surface area contributed by atoms with Gasteiger partial charge in [0.2, 0.25) is 0 Å². The van der Waals surface area contributed by atoms with E-state index in [0.717, 1.165) is 78.7 Å². The van der Waals surface area contributed by atoms with Crippen LogP contribution in [0.2, 0.25) is 10.0 Å². The molecule has 0 amide bonds. The number of rotatable bonds is 8. The molecule has 1 aromatic carbocycles. The number of aromatic amines is 1. The average Bonchev–Trinajstić information content (AvgIpc) is 1.97. The fraction of sp³-hybridized carbons (Fsp3) is 0.552. The minimum absolute atomic E-state index is 0. The highest BCUT2D eigenvalue weighted by molar-refractivity contribution is 7.90. The highest BCUT2D eigenvalue weighted by Crippen LogP contribution is 2.47. The van der Waals surface area contributed by atoms with Crippen LogP contribution in [0.15, 0.2) is 90.1 Å². The summed E-state index contributed by atoms with van der Waals surface area (Å²) in [6.07, 6.45) is 32.7. The fourth-order valence-electron chi connectivity index (χ4n) is 12.0. The highest BCUT2D eigenvalue weighted by atomic mass is 35.5. The van der Waals surface area contributed by atoms with E-state index in [2.05, 4.69) is 65.4 Å². The van der Waals surface area contributed by atoms with Gasteiger partial charge < -0.3 is 41.4 Å². The first-order valence-corrected chi connectivity index (χ1v) is 32.5. The second-order valence-electron chi connectivity index (χ2n) is 25.0. The number of aromatic nitrogens is 8. The Morgan fingerprint density at radius 2 is 1.19 bits per heavy atom. The Kier molecular flexibility index (Phi) is 24.9. The van der Waals surface area contributed by atoms with Crippen molar-refractivity contribution in [3.8, 4) is 22.8 Å². The number of benzene rings is 1. The number of nitrogens with two attached hydrogens (primary N) is 1. The first-order valence-electron chi connectivity index (χ1n) is 30.3. The van der Waals surface area contributed by atoms with Crippen molar-refractivity contribution in [1.82, 2.24) is 38.9 Å². The van der Waals surface area contributed by atoms with E-state index in [9.17, 15) is 32.5 Å². The summed E-state index contributed by atoms with van der Waals surface area (Å²) < 4.78 is 62.5. The van der Waals surface area contributed by atoms with Gasteiger partial charge in [-0.25, -0.2) is 51.1 Å². The van der Waals surface area contributed by atoms with E-state index in [4.69, 9.17) is 33.7 Å². The van der Waals surface area contributed by atoms with Gasteiger partial charge in [-0.15, -0.1) is 0 Å². The van der Waals surface area contributed by atoms with Gasteiger partial charge in [0.25, 0.3) is 10.0 Å². The first kappa shape index (κ1) is 72.4. The van der Waals surface area contributed by atoms with Crippen molar-refractivity contribution in [3.63, 3.8) is 0 Å². The summed E-state index contributed by atoms with van der Waals surface area (Å²) in [5, 5.41) is 38.9. The van der Waals surface area contributed by atoms with E-state index in [1.807, 2.05) is 13.8 Å². The molecule has 4 saturated carbocycles. The molecule has 22 heteroatoms. The fourth-order valence-corrected chi connectivity index (χ4v) is 13.7. The monoisotopic (exact) mass is 1290 g/mol. The molecule has 6 aliphatic rings. The molecule has 17 nitrogen and oxygen atoms in total. The third-order valence-electron chi connectivity index (χ3n) is 17.8. The van der Waals surface area contributed by atoms with Crippen LogP contribution in [-0.4, -0.2) is 109 Å². The smallest absolute Gasteiger partial charge is 0.269 e. The minimum Gasteiger partial charge on any atom is -0.389 e. The number of nitrogens with zero attached hydrogens (tertiary/aromatic N) is 7. The van der Waals surface area contributed by atoms with Crippen LogP contribution in [0.4, 0.5) is 20.4 Å². The molecular formula is C67H95Cl2F2N11O6S. The minimum atomic E-state index is -4.01. The van der Waals surface area contributed by atoms with E-state index in [1.165, 1.54) is 82.3 Å². The zero-order valence-corrected chi connectivity index (χ0v) is 52.5. The molecule has 0 spiro atoms. The Morgan fingerprint density at radius 3 is 1.67 bits per heavy atom. The number of pyridine rings is 2. The van der Waals surface area contributed by atoms with Gasteiger partial charge in [-0.05, 0) is 143 Å². The lowest BCUT2D eigenvalue weighted by Crippen LogP contribution is -2.47. The summed E-state index contributed by atoms with van der Waals surface area (Å²) in [7, 11) is -4.01. The molecule has 6 aromatic heterocycles. The maximum absolute atomic E-state index is 14.7. The molecule has 89 heavy (non-hydrogen) atoms. The van der Waals surface area contributed by atoms with Gasteiger partial charge in [0.1, 0.15) is 5.65 Å². The molecule has 8 unspecified atom stereocenters. The summed E-state index contributed by atoms with van der Waals surface area (Å²) in [6.45, 7) is 11.7. The lowest BCUT2D eigenvalue weighted by molar-refractivity contribution is 0.00354. The quantitative estimate of drug-likeness (QED) is 0.0552. The van der Waals surface area contributed by atoms with Crippen LogP contribution < -0.4 is 16.4 Å². The van der Waals surface area contributed by atoms with E-state index in [1.54, 1.807) is 56.1 Å². The molecule has 8 N–H and O–H groups in total. The van der Waals surface area contributed by atoms with Gasteiger partial charge in [0.05, 0.1) is 67.9 Å². The van der Waals surface area contributed by atoms with Crippen molar-refractivity contribution < 1.29 is 37.3 Å². The van der Waals surface area contributed by atoms with Crippen LogP contribution in [0, 0.1) is 18.6 Å². The summed E-state index contributed by atoms with van der Waals surface area (Å²) in [4.78, 5) is 28.6. The summed E-state index contributed by atoms with van der Waals surface area (Å²) in [5.41, 5.74) is 7.85. The van der Waals surface area contributed by atoms with Crippen molar-refractivity contribution in [2.45, 2.75) is 244 Å². The van der Waals surface area contributed by atoms with Gasteiger partial charge in [0, 0.05) is 52.7 Å². The van der Waals surface area contributed by atoms with Crippen molar-refractivity contribution in [3.05, 3.63) is 112 Å². The molecule has 5 fully saturated rings. The van der Waals surface area contributed by atoms with Crippen molar-refractivity contribution in [1.29, 1.82) is 0 Å². The van der Waals surface area contributed by atoms with Crippen LogP contribution in [0.25, 0.3) is 44.8 Å². The normalized spacial score (nSPS) is 26.1. The number of hydrogen-bond acceptors (Lipinski definition) is 15. The largest absolute Gasteiger partial charge is 0.389 e. The van der Waals surface area contributed by atoms with Gasteiger partial charge in [0.15, 0.2) is 40.6 Å². The number of fused-ring (bicyclic) bond motifs is 3. The molecule has 8 atom stereocenters. The third kappa shape index (κ3) is 17.9. The summed E-state index contributed by atoms with van der Waals surface area (Å²) in [6, 6.07) is 9.18. The number of halogens is 4.